The van der Waals surface area contributed by atoms with E-state index >= 15 is 0 Å². The average Bonchev–Trinajstić information content (AvgIpc) is 2.96. The molecular formula is C23H31NO4S. The lowest BCUT2D eigenvalue weighted by Gasteiger charge is -2.49. The van der Waals surface area contributed by atoms with E-state index in [2.05, 4.69) is 13.0 Å². The fourth-order valence-electron chi connectivity index (χ4n) is 6.37. The first-order valence-electron chi connectivity index (χ1n) is 10.7. The van der Waals surface area contributed by atoms with E-state index in [0.29, 0.717) is 24.4 Å². The number of sulfonamides is 1. The molecule has 2 fully saturated rings. The molecule has 158 valence electrons. The number of esters is 1. The number of benzene rings is 1. The van der Waals surface area contributed by atoms with Gasteiger partial charge in [-0.25, -0.2) is 18.4 Å². The number of carbonyl (C=O) groups is 1. The normalized spacial score (nSPS) is 32.4. The Bertz CT molecular complexity index is 952. The van der Waals surface area contributed by atoms with Gasteiger partial charge in [0.2, 0.25) is 10.0 Å². The van der Waals surface area contributed by atoms with Crippen LogP contribution in [0.1, 0.15) is 68.6 Å². The van der Waals surface area contributed by atoms with Crippen molar-refractivity contribution >= 4 is 16.0 Å². The van der Waals surface area contributed by atoms with Gasteiger partial charge in [0.1, 0.15) is 0 Å². The minimum Gasteiger partial charge on any atom is -0.463 e. The van der Waals surface area contributed by atoms with Gasteiger partial charge in [-0.3, -0.25) is 0 Å². The Hall–Kier alpha value is -1.66. The summed E-state index contributed by atoms with van der Waals surface area (Å²) in [5.41, 5.74) is 4.83. The maximum Gasteiger partial charge on any atom is 0.330 e. The number of aryl methyl sites for hydroxylation is 1. The standard InChI is InChI=1S/C23H31NO4S/c1-3-28-22(25)13-17-6-9-21-20-8-5-16-12-15(14-29(24,26)27)4-7-18(16)19(20)10-11-23(17,21)2/h4,7,12-13,19-21H,3,5-6,8-11,14H2,1-2H3,(H2,24,26,27)/b17-13-. The zero-order chi connectivity index (χ0) is 20.8. The van der Waals surface area contributed by atoms with Crippen LogP contribution in [0.15, 0.2) is 29.8 Å². The number of fused-ring (bicyclic) bond motifs is 5. The molecule has 0 heterocycles. The second kappa shape index (κ2) is 7.55. The molecule has 0 amide bonds. The minimum atomic E-state index is -3.51. The van der Waals surface area contributed by atoms with Crippen molar-refractivity contribution in [2.45, 2.75) is 64.0 Å². The first-order chi connectivity index (χ1) is 13.7. The molecule has 1 aromatic carbocycles. The van der Waals surface area contributed by atoms with E-state index in [0.717, 1.165) is 44.1 Å². The zero-order valence-electron chi connectivity index (χ0n) is 17.3. The fourth-order valence-corrected chi connectivity index (χ4v) is 7.01. The number of rotatable bonds is 4. The molecule has 4 rings (SSSR count). The highest BCUT2D eigenvalue weighted by atomic mass is 32.2. The molecule has 3 aliphatic carbocycles. The van der Waals surface area contributed by atoms with E-state index < -0.39 is 10.0 Å². The second-order valence-electron chi connectivity index (χ2n) is 9.17. The number of allylic oxidation sites excluding steroid dienone is 1. The van der Waals surface area contributed by atoms with Crippen LogP contribution in [0.2, 0.25) is 0 Å². The third kappa shape index (κ3) is 3.89. The molecule has 2 saturated carbocycles. The molecule has 29 heavy (non-hydrogen) atoms. The van der Waals surface area contributed by atoms with Gasteiger partial charge in [0.25, 0.3) is 0 Å². The predicted octanol–water partition coefficient (Wildman–Crippen LogP) is 3.82. The molecule has 4 unspecified atom stereocenters. The van der Waals surface area contributed by atoms with E-state index in [1.807, 2.05) is 19.1 Å². The third-order valence-corrected chi connectivity index (χ3v) is 8.32. The van der Waals surface area contributed by atoms with Gasteiger partial charge in [0.15, 0.2) is 0 Å². The van der Waals surface area contributed by atoms with Crippen LogP contribution >= 0.6 is 0 Å². The van der Waals surface area contributed by atoms with Crippen LogP contribution in [0.5, 0.6) is 0 Å². The van der Waals surface area contributed by atoms with Crippen LogP contribution in [0, 0.1) is 17.3 Å². The Labute approximate surface area is 173 Å². The number of ether oxygens (including phenoxy) is 1. The van der Waals surface area contributed by atoms with Crippen molar-refractivity contribution in [1.29, 1.82) is 0 Å². The molecule has 0 aliphatic heterocycles. The molecular weight excluding hydrogens is 386 g/mol. The van der Waals surface area contributed by atoms with Crippen molar-refractivity contribution in [3.8, 4) is 0 Å². The van der Waals surface area contributed by atoms with Crippen LogP contribution in [0.4, 0.5) is 0 Å². The Morgan fingerprint density at radius 2 is 2.07 bits per heavy atom. The van der Waals surface area contributed by atoms with Gasteiger partial charge >= 0.3 is 5.97 Å². The van der Waals surface area contributed by atoms with E-state index in [-0.39, 0.29) is 17.1 Å². The van der Waals surface area contributed by atoms with Gasteiger partial charge in [-0.15, -0.1) is 0 Å². The molecule has 5 nitrogen and oxygen atoms in total. The molecule has 0 bridgehead atoms. The Morgan fingerprint density at radius 1 is 1.28 bits per heavy atom. The van der Waals surface area contributed by atoms with Crippen LogP contribution in [0.3, 0.4) is 0 Å². The van der Waals surface area contributed by atoms with Gasteiger partial charge < -0.3 is 4.74 Å². The molecule has 0 radical (unpaired) electrons. The molecule has 6 heteroatoms. The third-order valence-electron chi connectivity index (χ3n) is 7.59. The summed E-state index contributed by atoms with van der Waals surface area (Å²) >= 11 is 0. The quantitative estimate of drug-likeness (QED) is 0.596. The first-order valence-corrected chi connectivity index (χ1v) is 12.4. The number of primary sulfonamides is 1. The van der Waals surface area contributed by atoms with Crippen LogP contribution in [0.25, 0.3) is 0 Å². The molecule has 3 aliphatic rings. The lowest BCUT2D eigenvalue weighted by Crippen LogP contribution is -2.40. The summed E-state index contributed by atoms with van der Waals surface area (Å²) in [6.45, 7) is 4.60. The van der Waals surface area contributed by atoms with E-state index in [1.54, 1.807) is 6.08 Å². The van der Waals surface area contributed by atoms with Gasteiger partial charge in [-0.05, 0) is 85.3 Å². The highest BCUT2D eigenvalue weighted by Gasteiger charge is 2.52. The molecule has 0 aromatic heterocycles. The van der Waals surface area contributed by atoms with Crippen molar-refractivity contribution in [2.24, 2.45) is 22.4 Å². The summed E-state index contributed by atoms with van der Waals surface area (Å²) in [6.07, 6.45) is 8.20. The lowest BCUT2D eigenvalue weighted by molar-refractivity contribution is -0.137. The van der Waals surface area contributed by atoms with E-state index in [9.17, 15) is 13.2 Å². The predicted molar refractivity (Wildman–Crippen MR) is 113 cm³/mol. The SMILES string of the molecule is CCOC(=O)/C=C1/CCC2C3CCc4cc(CS(N)(=O)=O)ccc4C3CCC12C. The summed E-state index contributed by atoms with van der Waals surface area (Å²) in [7, 11) is -3.51. The van der Waals surface area contributed by atoms with Crippen molar-refractivity contribution < 1.29 is 17.9 Å². The van der Waals surface area contributed by atoms with Crippen molar-refractivity contribution in [3.05, 3.63) is 46.5 Å². The van der Waals surface area contributed by atoms with E-state index in [4.69, 9.17) is 9.88 Å². The monoisotopic (exact) mass is 417 g/mol. The Morgan fingerprint density at radius 3 is 2.79 bits per heavy atom. The highest BCUT2D eigenvalue weighted by molar-refractivity contribution is 7.88. The zero-order valence-corrected chi connectivity index (χ0v) is 18.1. The molecule has 0 saturated heterocycles. The maximum absolute atomic E-state index is 12.0. The van der Waals surface area contributed by atoms with Gasteiger partial charge in [0, 0.05) is 6.08 Å². The topological polar surface area (TPSA) is 86.5 Å². The summed E-state index contributed by atoms with van der Waals surface area (Å²) < 4.78 is 28.0. The number of nitrogens with two attached hydrogens (primary N) is 1. The molecule has 0 spiro atoms. The van der Waals surface area contributed by atoms with E-state index in [1.165, 1.54) is 16.7 Å². The van der Waals surface area contributed by atoms with Crippen molar-refractivity contribution in [3.63, 3.8) is 0 Å². The Balaban J connectivity index is 1.58. The summed E-state index contributed by atoms with van der Waals surface area (Å²) in [4.78, 5) is 12.0. The second-order valence-corrected chi connectivity index (χ2v) is 10.8. The summed E-state index contributed by atoms with van der Waals surface area (Å²) in [6, 6.07) is 6.12. The molecule has 2 N–H and O–H groups in total. The summed E-state index contributed by atoms with van der Waals surface area (Å²) in [5, 5.41) is 5.22. The smallest absolute Gasteiger partial charge is 0.330 e. The van der Waals surface area contributed by atoms with Crippen LogP contribution in [-0.4, -0.2) is 21.0 Å². The van der Waals surface area contributed by atoms with Crippen molar-refractivity contribution in [2.75, 3.05) is 6.61 Å². The van der Waals surface area contributed by atoms with Gasteiger partial charge in [-0.2, -0.15) is 0 Å². The number of hydrogen-bond donors (Lipinski definition) is 1. The van der Waals surface area contributed by atoms with Gasteiger partial charge in [-0.1, -0.05) is 30.7 Å². The Kier molecular flexibility index (Phi) is 5.36. The lowest BCUT2D eigenvalue weighted by atomic mass is 9.55. The maximum atomic E-state index is 12.0. The first kappa shape index (κ1) is 20.6. The number of carbonyl (C=O) groups excluding carboxylic acids is 1. The van der Waals surface area contributed by atoms with Crippen molar-refractivity contribution in [1.82, 2.24) is 0 Å². The molecule has 4 atom stereocenters. The highest BCUT2D eigenvalue weighted by Crippen LogP contribution is 2.62. The fraction of sp³-hybridized carbons (Fsp3) is 0.609. The summed E-state index contributed by atoms with van der Waals surface area (Å²) in [5.74, 6) is 1.44. The number of hydrogen-bond acceptors (Lipinski definition) is 4. The molecule has 1 aromatic rings. The van der Waals surface area contributed by atoms with Crippen LogP contribution < -0.4 is 5.14 Å². The van der Waals surface area contributed by atoms with Gasteiger partial charge in [0.05, 0.1) is 12.4 Å². The van der Waals surface area contributed by atoms with Crippen LogP contribution in [-0.2, 0) is 31.7 Å². The average molecular weight is 418 g/mol. The minimum absolute atomic E-state index is 0.0962. The largest absolute Gasteiger partial charge is 0.463 e.